The molecule has 3 aromatic rings. The highest BCUT2D eigenvalue weighted by Crippen LogP contribution is 2.25. The summed E-state index contributed by atoms with van der Waals surface area (Å²) < 4.78 is 15.0. The Kier molecular flexibility index (Phi) is 4.92. The Labute approximate surface area is 162 Å². The van der Waals surface area contributed by atoms with Gasteiger partial charge in [0.2, 0.25) is 5.95 Å². The fraction of sp³-hybridized carbons (Fsp3) is 0.286. The van der Waals surface area contributed by atoms with Crippen LogP contribution in [0.1, 0.15) is 17.2 Å². The molecule has 0 radical (unpaired) electrons. The number of nitrogens with one attached hydrogen (secondary N) is 1. The number of hydrogen-bond donors (Lipinski definition) is 1. The minimum atomic E-state index is -0.233. The van der Waals surface area contributed by atoms with Gasteiger partial charge in [0.05, 0.1) is 11.7 Å². The predicted molar refractivity (Wildman–Crippen MR) is 107 cm³/mol. The van der Waals surface area contributed by atoms with E-state index in [0.29, 0.717) is 18.2 Å². The average Bonchev–Trinajstić information content (AvgIpc) is 2.70. The minimum absolute atomic E-state index is 0.0378. The molecule has 28 heavy (non-hydrogen) atoms. The van der Waals surface area contributed by atoms with Gasteiger partial charge in [-0.1, -0.05) is 6.07 Å². The van der Waals surface area contributed by atoms with Crippen LogP contribution in [0.4, 0.5) is 10.3 Å². The lowest BCUT2D eigenvalue weighted by molar-refractivity contribution is 0.460. The third-order valence-electron chi connectivity index (χ3n) is 5.15. The van der Waals surface area contributed by atoms with E-state index in [9.17, 15) is 9.18 Å². The van der Waals surface area contributed by atoms with Crippen molar-refractivity contribution in [3.05, 3.63) is 76.1 Å². The number of halogens is 1. The lowest BCUT2D eigenvalue weighted by atomic mass is 9.99. The summed E-state index contributed by atoms with van der Waals surface area (Å²) in [5.74, 6) is 0.397. The SMILES string of the molecule is Cc1cc(F)ccc1C1CN(c2nc(-c3ccncc3)cc(=O)n2C)CCN1. The van der Waals surface area contributed by atoms with Crippen molar-refractivity contribution in [2.45, 2.75) is 13.0 Å². The third-order valence-corrected chi connectivity index (χ3v) is 5.15. The molecule has 1 aliphatic heterocycles. The van der Waals surface area contributed by atoms with E-state index in [1.807, 2.05) is 25.1 Å². The van der Waals surface area contributed by atoms with Gasteiger partial charge in [0, 0.05) is 50.7 Å². The van der Waals surface area contributed by atoms with Crippen LogP contribution < -0.4 is 15.8 Å². The Balaban J connectivity index is 1.68. The van der Waals surface area contributed by atoms with Crippen LogP contribution in [0.5, 0.6) is 0 Å². The Morgan fingerprint density at radius 1 is 1.18 bits per heavy atom. The summed E-state index contributed by atoms with van der Waals surface area (Å²) in [5.41, 5.74) is 3.35. The smallest absolute Gasteiger partial charge is 0.255 e. The first-order chi connectivity index (χ1) is 13.5. The van der Waals surface area contributed by atoms with Gasteiger partial charge in [-0.05, 0) is 42.3 Å². The molecule has 0 bridgehead atoms. The Bertz CT molecular complexity index is 1050. The van der Waals surface area contributed by atoms with Crippen molar-refractivity contribution in [3.63, 3.8) is 0 Å². The predicted octanol–water partition coefficient (Wildman–Crippen LogP) is 2.44. The maximum Gasteiger partial charge on any atom is 0.255 e. The first-order valence-corrected chi connectivity index (χ1v) is 9.26. The standard InChI is InChI=1S/C21H22FN5O/c1-14-11-16(22)3-4-17(14)19-13-27(10-9-24-19)21-25-18(12-20(28)26(21)2)15-5-7-23-8-6-15/h3-8,11-12,19,24H,9-10,13H2,1-2H3. The van der Waals surface area contributed by atoms with Gasteiger partial charge >= 0.3 is 0 Å². The second-order valence-corrected chi connectivity index (χ2v) is 7.03. The first-order valence-electron chi connectivity index (χ1n) is 9.26. The molecule has 144 valence electrons. The van der Waals surface area contributed by atoms with Crippen LogP contribution in [-0.2, 0) is 7.05 Å². The second-order valence-electron chi connectivity index (χ2n) is 7.03. The van der Waals surface area contributed by atoms with Crippen LogP contribution in [0.25, 0.3) is 11.3 Å². The summed E-state index contributed by atoms with van der Waals surface area (Å²) >= 11 is 0. The number of aryl methyl sites for hydroxylation is 1. The van der Waals surface area contributed by atoms with Crippen molar-refractivity contribution >= 4 is 5.95 Å². The van der Waals surface area contributed by atoms with Gasteiger partial charge in [0.25, 0.3) is 5.56 Å². The van der Waals surface area contributed by atoms with Crippen molar-refractivity contribution in [2.24, 2.45) is 7.05 Å². The van der Waals surface area contributed by atoms with Crippen molar-refractivity contribution in [1.82, 2.24) is 19.9 Å². The van der Waals surface area contributed by atoms with E-state index in [4.69, 9.17) is 4.98 Å². The molecule has 7 heteroatoms. The van der Waals surface area contributed by atoms with Crippen LogP contribution in [0.15, 0.2) is 53.6 Å². The van der Waals surface area contributed by atoms with E-state index in [1.165, 1.54) is 6.07 Å². The van der Waals surface area contributed by atoms with Crippen molar-refractivity contribution in [3.8, 4) is 11.3 Å². The number of pyridine rings is 1. The highest BCUT2D eigenvalue weighted by Gasteiger charge is 2.25. The molecule has 1 aliphatic rings. The molecule has 3 heterocycles. The normalized spacial score (nSPS) is 17.0. The molecule has 0 spiro atoms. The molecule has 1 unspecified atom stereocenters. The monoisotopic (exact) mass is 379 g/mol. The number of anilines is 1. The van der Waals surface area contributed by atoms with Crippen molar-refractivity contribution < 1.29 is 4.39 Å². The summed E-state index contributed by atoms with van der Waals surface area (Å²) in [5, 5.41) is 3.49. The molecule has 2 aromatic heterocycles. The van der Waals surface area contributed by atoms with Crippen LogP contribution >= 0.6 is 0 Å². The average molecular weight is 379 g/mol. The molecule has 1 atom stereocenters. The van der Waals surface area contributed by atoms with Crippen LogP contribution in [0.3, 0.4) is 0 Å². The van der Waals surface area contributed by atoms with Gasteiger partial charge in [-0.2, -0.15) is 0 Å². The molecule has 1 N–H and O–H groups in total. The van der Waals surface area contributed by atoms with Gasteiger partial charge < -0.3 is 10.2 Å². The molecule has 0 aliphatic carbocycles. The Morgan fingerprint density at radius 3 is 2.71 bits per heavy atom. The molecule has 0 amide bonds. The number of nitrogens with zero attached hydrogens (tertiary/aromatic N) is 4. The summed E-state index contributed by atoms with van der Waals surface area (Å²) in [7, 11) is 1.74. The van der Waals surface area contributed by atoms with E-state index in [1.54, 1.807) is 36.1 Å². The van der Waals surface area contributed by atoms with Gasteiger partial charge in [-0.15, -0.1) is 0 Å². The zero-order chi connectivity index (χ0) is 19.7. The number of hydrogen-bond acceptors (Lipinski definition) is 5. The topological polar surface area (TPSA) is 63.1 Å². The van der Waals surface area contributed by atoms with Gasteiger partial charge in [0.1, 0.15) is 5.82 Å². The summed E-state index contributed by atoms with van der Waals surface area (Å²) in [6.07, 6.45) is 3.37. The fourth-order valence-corrected chi connectivity index (χ4v) is 3.65. The Morgan fingerprint density at radius 2 is 1.96 bits per heavy atom. The molecular weight excluding hydrogens is 357 g/mol. The molecule has 1 fully saturated rings. The zero-order valence-corrected chi connectivity index (χ0v) is 15.9. The molecule has 1 saturated heterocycles. The molecule has 4 rings (SSSR count). The zero-order valence-electron chi connectivity index (χ0n) is 15.9. The van der Waals surface area contributed by atoms with Crippen LogP contribution in [-0.4, -0.2) is 34.2 Å². The fourth-order valence-electron chi connectivity index (χ4n) is 3.65. The molecular formula is C21H22FN5O. The Hall–Kier alpha value is -3.06. The van der Waals surface area contributed by atoms with E-state index >= 15 is 0 Å². The lowest BCUT2D eigenvalue weighted by Gasteiger charge is -2.36. The summed E-state index contributed by atoms with van der Waals surface area (Å²) in [4.78, 5) is 23.4. The number of piperazine rings is 1. The van der Waals surface area contributed by atoms with Crippen molar-refractivity contribution in [2.75, 3.05) is 24.5 Å². The van der Waals surface area contributed by atoms with E-state index < -0.39 is 0 Å². The van der Waals surface area contributed by atoms with Crippen LogP contribution in [0.2, 0.25) is 0 Å². The highest BCUT2D eigenvalue weighted by atomic mass is 19.1. The maximum absolute atomic E-state index is 13.5. The van der Waals surface area contributed by atoms with E-state index in [0.717, 1.165) is 29.8 Å². The number of benzene rings is 1. The van der Waals surface area contributed by atoms with Crippen LogP contribution in [0, 0.1) is 12.7 Å². The molecule has 1 aromatic carbocycles. The largest absolute Gasteiger partial charge is 0.339 e. The van der Waals surface area contributed by atoms with Gasteiger partial charge in [-0.3, -0.25) is 14.3 Å². The maximum atomic E-state index is 13.5. The van der Waals surface area contributed by atoms with Gasteiger partial charge in [0.15, 0.2) is 0 Å². The van der Waals surface area contributed by atoms with E-state index in [2.05, 4.69) is 15.2 Å². The molecule has 6 nitrogen and oxygen atoms in total. The van der Waals surface area contributed by atoms with Gasteiger partial charge in [-0.25, -0.2) is 9.37 Å². The first kappa shape index (κ1) is 18.3. The summed E-state index contributed by atoms with van der Waals surface area (Å²) in [6.45, 7) is 4.04. The second kappa shape index (κ2) is 7.52. The van der Waals surface area contributed by atoms with E-state index in [-0.39, 0.29) is 17.4 Å². The third kappa shape index (κ3) is 3.53. The van der Waals surface area contributed by atoms with Crippen molar-refractivity contribution in [1.29, 1.82) is 0 Å². The molecule has 0 saturated carbocycles. The minimum Gasteiger partial charge on any atom is -0.339 e. The number of rotatable bonds is 3. The lowest BCUT2D eigenvalue weighted by Crippen LogP contribution is -2.48. The summed E-state index contributed by atoms with van der Waals surface area (Å²) in [6, 6.07) is 10.1. The quantitative estimate of drug-likeness (QED) is 0.757. The highest BCUT2D eigenvalue weighted by molar-refractivity contribution is 5.59. The number of aromatic nitrogens is 3.